The van der Waals surface area contributed by atoms with E-state index in [9.17, 15) is 23.1 Å². The first-order valence-corrected chi connectivity index (χ1v) is 9.37. The molecule has 1 saturated heterocycles. The average molecular weight is 354 g/mol. The summed E-state index contributed by atoms with van der Waals surface area (Å²) < 4.78 is 26.6. The second kappa shape index (κ2) is 7.31. The van der Waals surface area contributed by atoms with Crippen LogP contribution in [-0.2, 0) is 14.8 Å². The Morgan fingerprint density at radius 3 is 2.38 bits per heavy atom. The molecule has 1 aromatic carbocycles. The molecule has 2 N–H and O–H groups in total. The van der Waals surface area contributed by atoms with Gasteiger partial charge in [0.1, 0.15) is 6.04 Å². The Kier molecular flexibility index (Phi) is 5.61. The number of likely N-dealkylation sites (tertiary alicyclic amines) is 1. The maximum atomic E-state index is 12.6. The van der Waals surface area contributed by atoms with E-state index in [0.29, 0.717) is 13.0 Å². The number of nitrogens with one attached hydrogen (secondary N) is 1. The van der Waals surface area contributed by atoms with Crippen molar-refractivity contribution in [3.05, 3.63) is 29.8 Å². The first-order chi connectivity index (χ1) is 11.2. The molecule has 24 heavy (non-hydrogen) atoms. The van der Waals surface area contributed by atoms with Crippen LogP contribution in [-0.4, -0.2) is 48.9 Å². The van der Waals surface area contributed by atoms with Gasteiger partial charge in [0.05, 0.1) is 4.90 Å². The lowest BCUT2D eigenvalue weighted by Gasteiger charge is -2.33. The van der Waals surface area contributed by atoms with Gasteiger partial charge in [-0.1, -0.05) is 0 Å². The second-order valence-electron chi connectivity index (χ2n) is 6.15. The van der Waals surface area contributed by atoms with Crippen molar-refractivity contribution in [3.8, 4) is 0 Å². The fraction of sp³-hybridized carbons (Fsp3) is 0.500. The van der Waals surface area contributed by atoms with E-state index in [4.69, 9.17) is 0 Å². The molecule has 1 fully saturated rings. The SMILES string of the molecule is CC(C)NS(=O)(=O)c1ccc(C(=O)N2CCCCC2C(=O)O)cc1. The normalized spacial score (nSPS) is 18.6. The number of sulfonamides is 1. The molecule has 0 aliphatic carbocycles. The number of carboxylic acid groups (broad SMARTS) is 1. The summed E-state index contributed by atoms with van der Waals surface area (Å²) >= 11 is 0. The minimum atomic E-state index is -3.62. The lowest BCUT2D eigenvalue weighted by atomic mass is 10.0. The Morgan fingerprint density at radius 1 is 1.21 bits per heavy atom. The largest absolute Gasteiger partial charge is 0.480 e. The molecule has 0 bridgehead atoms. The fourth-order valence-corrected chi connectivity index (χ4v) is 4.00. The molecule has 132 valence electrons. The predicted molar refractivity (Wildman–Crippen MR) is 88.2 cm³/mol. The van der Waals surface area contributed by atoms with Gasteiger partial charge in [0, 0.05) is 18.2 Å². The second-order valence-corrected chi connectivity index (χ2v) is 7.86. The number of carbonyl (C=O) groups is 2. The van der Waals surface area contributed by atoms with E-state index >= 15 is 0 Å². The summed E-state index contributed by atoms with van der Waals surface area (Å²) in [5.74, 6) is -1.40. The van der Waals surface area contributed by atoms with Crippen molar-refractivity contribution in [2.75, 3.05) is 6.54 Å². The number of rotatable bonds is 5. The molecule has 8 heteroatoms. The highest BCUT2D eigenvalue weighted by atomic mass is 32.2. The topological polar surface area (TPSA) is 104 Å². The van der Waals surface area contributed by atoms with Gasteiger partial charge in [-0.3, -0.25) is 4.79 Å². The third kappa shape index (κ3) is 4.12. The van der Waals surface area contributed by atoms with Gasteiger partial charge in [-0.2, -0.15) is 0 Å². The number of nitrogens with zero attached hydrogens (tertiary/aromatic N) is 1. The quantitative estimate of drug-likeness (QED) is 0.833. The van der Waals surface area contributed by atoms with Gasteiger partial charge < -0.3 is 10.0 Å². The van der Waals surface area contributed by atoms with Crippen molar-refractivity contribution < 1.29 is 23.1 Å². The summed E-state index contributed by atoms with van der Waals surface area (Å²) in [5, 5.41) is 9.26. The van der Waals surface area contributed by atoms with Crippen LogP contribution in [0.5, 0.6) is 0 Å². The van der Waals surface area contributed by atoms with Crippen LogP contribution in [0.3, 0.4) is 0 Å². The number of benzene rings is 1. The van der Waals surface area contributed by atoms with Crippen LogP contribution in [0, 0.1) is 0 Å². The third-order valence-electron chi connectivity index (χ3n) is 3.85. The van der Waals surface area contributed by atoms with Gasteiger partial charge in [-0.15, -0.1) is 0 Å². The van der Waals surface area contributed by atoms with Gasteiger partial charge in [-0.25, -0.2) is 17.9 Å². The zero-order valence-corrected chi connectivity index (χ0v) is 14.5. The standard InChI is InChI=1S/C16H22N2O5S/c1-11(2)17-24(22,23)13-8-6-12(7-9-13)15(19)18-10-4-3-5-14(18)16(20)21/h6-9,11,14,17H,3-5,10H2,1-2H3,(H,20,21). The fourth-order valence-electron chi connectivity index (χ4n) is 2.75. The van der Waals surface area contributed by atoms with E-state index in [-0.39, 0.29) is 22.4 Å². The summed E-state index contributed by atoms with van der Waals surface area (Å²) in [4.78, 5) is 25.3. The molecule has 0 aromatic heterocycles. The van der Waals surface area contributed by atoms with E-state index in [1.807, 2.05) is 0 Å². The van der Waals surface area contributed by atoms with Crippen LogP contribution in [0.1, 0.15) is 43.5 Å². The number of hydrogen-bond acceptors (Lipinski definition) is 4. The van der Waals surface area contributed by atoms with Crippen LogP contribution < -0.4 is 4.72 Å². The third-order valence-corrected chi connectivity index (χ3v) is 5.53. The molecule has 1 aliphatic rings. The molecule has 2 rings (SSSR count). The molecule has 0 saturated carbocycles. The first kappa shape index (κ1) is 18.4. The molecule has 1 heterocycles. The van der Waals surface area contributed by atoms with Crippen LogP contribution >= 0.6 is 0 Å². The molecule has 1 unspecified atom stereocenters. The van der Waals surface area contributed by atoms with E-state index in [2.05, 4.69) is 4.72 Å². The highest BCUT2D eigenvalue weighted by Gasteiger charge is 2.32. The average Bonchev–Trinajstić information content (AvgIpc) is 2.53. The number of piperidine rings is 1. The van der Waals surface area contributed by atoms with Crippen molar-refractivity contribution in [1.29, 1.82) is 0 Å². The predicted octanol–water partition coefficient (Wildman–Crippen LogP) is 1.45. The van der Waals surface area contributed by atoms with Crippen LogP contribution in [0.15, 0.2) is 29.2 Å². The lowest BCUT2D eigenvalue weighted by Crippen LogP contribution is -2.48. The van der Waals surface area contributed by atoms with Gasteiger partial charge in [0.2, 0.25) is 10.0 Å². The number of carbonyl (C=O) groups excluding carboxylic acids is 1. The van der Waals surface area contributed by atoms with E-state index in [0.717, 1.165) is 12.8 Å². The maximum absolute atomic E-state index is 12.6. The molecule has 1 atom stereocenters. The zero-order valence-electron chi connectivity index (χ0n) is 13.7. The van der Waals surface area contributed by atoms with Crippen LogP contribution in [0.25, 0.3) is 0 Å². The Morgan fingerprint density at radius 2 is 1.83 bits per heavy atom. The lowest BCUT2D eigenvalue weighted by molar-refractivity contribution is -0.143. The van der Waals surface area contributed by atoms with E-state index < -0.39 is 22.0 Å². The Hall–Kier alpha value is -1.93. The highest BCUT2D eigenvalue weighted by molar-refractivity contribution is 7.89. The molecular weight excluding hydrogens is 332 g/mol. The molecule has 1 aromatic rings. The van der Waals surface area contributed by atoms with Gasteiger partial charge in [0.25, 0.3) is 5.91 Å². The number of aliphatic carboxylic acids is 1. The van der Waals surface area contributed by atoms with E-state index in [1.54, 1.807) is 13.8 Å². The van der Waals surface area contributed by atoms with Crippen LogP contribution in [0.2, 0.25) is 0 Å². The van der Waals surface area contributed by atoms with Crippen molar-refractivity contribution in [3.63, 3.8) is 0 Å². The molecule has 7 nitrogen and oxygen atoms in total. The Bertz CT molecular complexity index is 712. The Balaban J connectivity index is 2.21. The zero-order chi connectivity index (χ0) is 17.9. The molecule has 0 spiro atoms. The first-order valence-electron chi connectivity index (χ1n) is 7.88. The molecular formula is C16H22N2O5S. The monoisotopic (exact) mass is 354 g/mol. The highest BCUT2D eigenvalue weighted by Crippen LogP contribution is 2.21. The van der Waals surface area contributed by atoms with E-state index in [1.165, 1.54) is 29.2 Å². The number of amides is 1. The van der Waals surface area contributed by atoms with Gasteiger partial charge in [0.15, 0.2) is 0 Å². The van der Waals surface area contributed by atoms with Crippen molar-refractivity contribution in [1.82, 2.24) is 9.62 Å². The van der Waals surface area contributed by atoms with Gasteiger partial charge in [-0.05, 0) is 57.4 Å². The molecule has 0 radical (unpaired) electrons. The van der Waals surface area contributed by atoms with Crippen molar-refractivity contribution in [2.24, 2.45) is 0 Å². The smallest absolute Gasteiger partial charge is 0.326 e. The summed E-state index contributed by atoms with van der Waals surface area (Å²) in [6.45, 7) is 3.83. The number of carboxylic acids is 1. The van der Waals surface area contributed by atoms with Crippen molar-refractivity contribution in [2.45, 2.75) is 50.1 Å². The van der Waals surface area contributed by atoms with Crippen molar-refractivity contribution >= 4 is 21.9 Å². The maximum Gasteiger partial charge on any atom is 0.326 e. The van der Waals surface area contributed by atoms with Gasteiger partial charge >= 0.3 is 5.97 Å². The Labute approximate surface area is 141 Å². The molecule has 1 amide bonds. The summed E-state index contributed by atoms with van der Waals surface area (Å²) in [6, 6.07) is 4.50. The summed E-state index contributed by atoms with van der Waals surface area (Å²) in [5.41, 5.74) is 0.284. The minimum absolute atomic E-state index is 0.0705. The summed E-state index contributed by atoms with van der Waals surface area (Å²) in [7, 11) is -3.62. The minimum Gasteiger partial charge on any atom is -0.480 e. The number of hydrogen-bond donors (Lipinski definition) is 2. The molecule has 1 aliphatic heterocycles. The van der Waals surface area contributed by atoms with Crippen LogP contribution in [0.4, 0.5) is 0 Å². The summed E-state index contributed by atoms with van der Waals surface area (Å²) in [6.07, 6.45) is 1.98.